The number of piperidine rings is 1. The lowest BCUT2D eigenvalue weighted by atomic mass is 10.0. The van der Waals surface area contributed by atoms with Crippen molar-refractivity contribution in [2.24, 2.45) is 12.0 Å². The van der Waals surface area contributed by atoms with E-state index in [0.717, 1.165) is 34.4 Å². The van der Waals surface area contributed by atoms with Crippen LogP contribution in [0.5, 0.6) is 11.5 Å². The van der Waals surface area contributed by atoms with E-state index in [1.54, 1.807) is 17.5 Å². The Bertz CT molecular complexity index is 1290. The van der Waals surface area contributed by atoms with Gasteiger partial charge in [-0.15, -0.1) is 11.3 Å². The van der Waals surface area contributed by atoms with E-state index in [1.807, 2.05) is 23.7 Å². The fourth-order valence-corrected chi connectivity index (χ4v) is 7.56. The van der Waals surface area contributed by atoms with Crippen LogP contribution in [-0.4, -0.2) is 42.6 Å². The fraction of sp³-hybridized carbons (Fsp3) is 0.368. The van der Waals surface area contributed by atoms with Crippen molar-refractivity contribution in [2.75, 3.05) is 13.3 Å². The van der Waals surface area contributed by atoms with Gasteiger partial charge in [-0.3, -0.25) is 4.79 Å². The van der Waals surface area contributed by atoms with Gasteiger partial charge < -0.3 is 14.0 Å². The van der Waals surface area contributed by atoms with Crippen molar-refractivity contribution in [3.05, 3.63) is 34.4 Å². The summed E-state index contributed by atoms with van der Waals surface area (Å²) in [5, 5.41) is 1.72. The molecule has 1 unspecified atom stereocenters. The first-order valence-electron chi connectivity index (χ1n) is 9.48. The number of carbonyl (C=O) groups excluding carboxylic acids is 1. The maximum absolute atomic E-state index is 13.1. The molecule has 0 aliphatic carbocycles. The molecule has 30 heavy (non-hydrogen) atoms. The van der Waals surface area contributed by atoms with Crippen LogP contribution in [0.15, 0.2) is 38.8 Å². The first-order valence-corrected chi connectivity index (χ1v) is 12.6. The average molecular weight is 466 g/mol. The molecule has 0 N–H and O–H groups in total. The Hall–Kier alpha value is -2.21. The zero-order valence-electron chi connectivity index (χ0n) is 16.1. The second-order valence-corrected chi connectivity index (χ2v) is 11.2. The van der Waals surface area contributed by atoms with Gasteiger partial charge in [0.05, 0.1) is 10.2 Å². The number of ether oxygens (including phenoxy) is 2. The van der Waals surface area contributed by atoms with E-state index in [9.17, 15) is 13.2 Å². The fourth-order valence-electron chi connectivity index (χ4n) is 3.76. The molecule has 0 radical (unpaired) electrons. The number of thiazole rings is 1. The largest absolute Gasteiger partial charge is 0.454 e. The predicted molar refractivity (Wildman–Crippen MR) is 113 cm³/mol. The number of hydrogen-bond donors (Lipinski definition) is 0. The zero-order chi connectivity index (χ0) is 20.9. The van der Waals surface area contributed by atoms with Crippen LogP contribution in [0.3, 0.4) is 0 Å². The number of benzene rings is 1. The molecule has 2 aromatic heterocycles. The third kappa shape index (κ3) is 3.25. The predicted octanol–water partition coefficient (Wildman–Crippen LogP) is 2.70. The molecule has 1 amide bonds. The monoisotopic (exact) mass is 465 g/mol. The van der Waals surface area contributed by atoms with Gasteiger partial charge in [-0.25, -0.2) is 8.42 Å². The van der Waals surface area contributed by atoms with E-state index in [2.05, 4.69) is 4.99 Å². The minimum Gasteiger partial charge on any atom is -0.454 e. The van der Waals surface area contributed by atoms with Gasteiger partial charge in [0, 0.05) is 25.7 Å². The Morgan fingerprint density at radius 2 is 2.03 bits per heavy atom. The molecule has 1 aromatic carbocycles. The lowest BCUT2D eigenvalue weighted by molar-refractivity contribution is -0.122. The van der Waals surface area contributed by atoms with Gasteiger partial charge in [0.2, 0.25) is 6.79 Å². The summed E-state index contributed by atoms with van der Waals surface area (Å²) in [5.41, 5.74) is 0.877. The number of nitrogens with zero attached hydrogens (tertiary/aromatic N) is 3. The molecule has 158 valence electrons. The zero-order valence-corrected chi connectivity index (χ0v) is 18.6. The van der Waals surface area contributed by atoms with Crippen molar-refractivity contribution in [1.29, 1.82) is 0 Å². The molecule has 1 fully saturated rings. The summed E-state index contributed by atoms with van der Waals surface area (Å²) >= 11 is 2.52. The summed E-state index contributed by atoms with van der Waals surface area (Å²) < 4.78 is 41.3. The molecule has 1 saturated heterocycles. The molecule has 5 rings (SSSR count). The van der Waals surface area contributed by atoms with Gasteiger partial charge in [0.25, 0.3) is 15.9 Å². The van der Waals surface area contributed by atoms with Crippen LogP contribution in [0, 0.1) is 0 Å². The topological polar surface area (TPSA) is 90.2 Å². The van der Waals surface area contributed by atoms with E-state index in [1.165, 1.54) is 15.6 Å². The van der Waals surface area contributed by atoms with E-state index in [4.69, 9.17) is 9.47 Å². The van der Waals surface area contributed by atoms with Crippen molar-refractivity contribution in [1.82, 2.24) is 8.87 Å². The van der Waals surface area contributed by atoms with Gasteiger partial charge in [-0.2, -0.15) is 9.30 Å². The average Bonchev–Trinajstić information content (AvgIpc) is 3.48. The van der Waals surface area contributed by atoms with Crippen LogP contribution < -0.4 is 14.3 Å². The molecule has 0 saturated carbocycles. The Morgan fingerprint density at radius 1 is 1.23 bits per heavy atom. The number of sulfonamides is 1. The standard InChI is InChI=1S/C19H19N3O5S3/c1-21-13-9-14-15(27-11-26-14)10-16(13)29-19(21)20-18(23)12-5-2-3-7-22(12)30(24,25)17-6-4-8-28-17/h4,6,8-10,12H,2-3,5,7,11H2,1H3. The Kier molecular flexibility index (Phi) is 4.92. The molecule has 11 heteroatoms. The van der Waals surface area contributed by atoms with Crippen LogP contribution in [0.4, 0.5) is 0 Å². The number of thiophene rings is 1. The highest BCUT2D eigenvalue weighted by atomic mass is 32.2. The normalized spacial score (nSPS) is 20.2. The van der Waals surface area contributed by atoms with Crippen molar-refractivity contribution in [3.8, 4) is 11.5 Å². The second-order valence-electron chi connectivity index (χ2n) is 7.13. The highest BCUT2D eigenvalue weighted by molar-refractivity contribution is 7.91. The van der Waals surface area contributed by atoms with Gasteiger partial charge in [0.15, 0.2) is 16.3 Å². The van der Waals surface area contributed by atoms with Crippen LogP contribution in [0.1, 0.15) is 19.3 Å². The maximum Gasteiger partial charge on any atom is 0.266 e. The van der Waals surface area contributed by atoms with Crippen LogP contribution in [-0.2, 0) is 21.9 Å². The van der Waals surface area contributed by atoms with Crippen LogP contribution >= 0.6 is 22.7 Å². The Morgan fingerprint density at radius 3 is 2.80 bits per heavy atom. The van der Waals surface area contributed by atoms with E-state index < -0.39 is 22.0 Å². The van der Waals surface area contributed by atoms with Gasteiger partial charge in [-0.1, -0.05) is 23.8 Å². The lowest BCUT2D eigenvalue weighted by Gasteiger charge is -2.31. The smallest absolute Gasteiger partial charge is 0.266 e. The number of aromatic nitrogens is 1. The SMILES string of the molecule is Cn1c(=NC(=O)C2CCCCN2S(=O)(=O)c2cccs2)sc2cc3c(cc21)OCO3. The molecule has 0 bridgehead atoms. The van der Waals surface area contributed by atoms with E-state index >= 15 is 0 Å². The summed E-state index contributed by atoms with van der Waals surface area (Å²) in [7, 11) is -1.88. The van der Waals surface area contributed by atoms with Crippen LogP contribution in [0.2, 0.25) is 0 Å². The van der Waals surface area contributed by atoms with E-state index in [-0.39, 0.29) is 11.0 Å². The number of rotatable bonds is 3. The summed E-state index contributed by atoms with van der Waals surface area (Å²) in [6.07, 6.45) is 2.00. The highest BCUT2D eigenvalue weighted by Gasteiger charge is 2.38. The number of hydrogen-bond acceptors (Lipinski definition) is 7. The maximum atomic E-state index is 13.1. The second kappa shape index (κ2) is 7.49. The van der Waals surface area contributed by atoms with Crippen molar-refractivity contribution >= 4 is 48.8 Å². The quantitative estimate of drug-likeness (QED) is 0.593. The molecule has 4 heterocycles. The molecule has 0 spiro atoms. The summed E-state index contributed by atoms with van der Waals surface area (Å²) in [6.45, 7) is 0.522. The van der Waals surface area contributed by atoms with Crippen LogP contribution in [0.25, 0.3) is 10.2 Å². The summed E-state index contributed by atoms with van der Waals surface area (Å²) in [4.78, 5) is 17.9. The molecule has 2 aliphatic rings. The molecular formula is C19H19N3O5S3. The first-order chi connectivity index (χ1) is 14.4. The number of fused-ring (bicyclic) bond motifs is 2. The lowest BCUT2D eigenvalue weighted by Crippen LogP contribution is -2.47. The highest BCUT2D eigenvalue weighted by Crippen LogP contribution is 2.36. The third-order valence-electron chi connectivity index (χ3n) is 5.31. The summed E-state index contributed by atoms with van der Waals surface area (Å²) in [5.74, 6) is 0.897. The molecular weight excluding hydrogens is 446 g/mol. The number of amides is 1. The Labute approximate surface area is 181 Å². The van der Waals surface area contributed by atoms with Gasteiger partial charge in [0.1, 0.15) is 10.3 Å². The molecule has 1 atom stereocenters. The van der Waals surface area contributed by atoms with Crippen molar-refractivity contribution in [3.63, 3.8) is 0 Å². The van der Waals surface area contributed by atoms with Gasteiger partial charge in [-0.05, 0) is 24.3 Å². The first kappa shape index (κ1) is 19.7. The van der Waals surface area contributed by atoms with Crippen molar-refractivity contribution < 1.29 is 22.7 Å². The van der Waals surface area contributed by atoms with Crippen molar-refractivity contribution in [2.45, 2.75) is 29.5 Å². The molecule has 8 nitrogen and oxygen atoms in total. The molecule has 3 aromatic rings. The van der Waals surface area contributed by atoms with E-state index in [0.29, 0.717) is 29.3 Å². The van der Waals surface area contributed by atoms with Gasteiger partial charge >= 0.3 is 0 Å². The number of carbonyl (C=O) groups is 1. The third-order valence-corrected chi connectivity index (χ3v) is 9.68. The molecule has 2 aliphatic heterocycles. The number of aryl methyl sites for hydroxylation is 1. The minimum atomic E-state index is -3.71. The summed E-state index contributed by atoms with van der Waals surface area (Å²) in [6, 6.07) is 6.23. The Balaban J connectivity index is 1.52. The minimum absolute atomic E-state index is 0.197.